The standard InChI is InChI=1S/C8H12BrN/c1-6(10)7-2-4-8(9)5-3-7/h2,4-7H,3,10H2,1H3/t6-,7?/m0/s1. The quantitative estimate of drug-likeness (QED) is 0.692. The fraction of sp³-hybridized carbons (Fsp3) is 0.500. The summed E-state index contributed by atoms with van der Waals surface area (Å²) >= 11 is 3.40. The normalized spacial score (nSPS) is 27.9. The molecule has 0 saturated heterocycles. The van der Waals surface area contributed by atoms with Gasteiger partial charge in [-0.1, -0.05) is 34.2 Å². The summed E-state index contributed by atoms with van der Waals surface area (Å²) in [7, 11) is 0. The Bertz CT molecular complexity index is 170. The second kappa shape index (κ2) is 3.35. The molecule has 1 aliphatic rings. The first kappa shape index (κ1) is 8.02. The Morgan fingerprint density at radius 2 is 2.50 bits per heavy atom. The van der Waals surface area contributed by atoms with Gasteiger partial charge in [0.2, 0.25) is 0 Å². The molecule has 0 fully saturated rings. The van der Waals surface area contributed by atoms with E-state index >= 15 is 0 Å². The Kier molecular flexibility index (Phi) is 2.69. The first-order valence-corrected chi connectivity index (χ1v) is 4.29. The summed E-state index contributed by atoms with van der Waals surface area (Å²) in [4.78, 5) is 0. The van der Waals surface area contributed by atoms with E-state index in [0.29, 0.717) is 5.92 Å². The molecular weight excluding hydrogens is 190 g/mol. The average Bonchev–Trinajstić information content (AvgIpc) is 1.88. The van der Waals surface area contributed by atoms with Crippen molar-refractivity contribution in [1.82, 2.24) is 0 Å². The minimum atomic E-state index is 0.271. The third kappa shape index (κ3) is 1.96. The molecule has 0 bridgehead atoms. The van der Waals surface area contributed by atoms with Crippen molar-refractivity contribution in [1.29, 1.82) is 0 Å². The minimum absolute atomic E-state index is 0.271. The molecule has 0 aliphatic heterocycles. The largest absolute Gasteiger partial charge is 0.327 e. The van der Waals surface area contributed by atoms with E-state index in [2.05, 4.69) is 34.2 Å². The third-order valence-corrected chi connectivity index (χ3v) is 2.35. The van der Waals surface area contributed by atoms with Crippen LogP contribution in [-0.2, 0) is 0 Å². The van der Waals surface area contributed by atoms with Gasteiger partial charge in [0.15, 0.2) is 0 Å². The van der Waals surface area contributed by atoms with Crippen LogP contribution in [-0.4, -0.2) is 6.04 Å². The summed E-state index contributed by atoms with van der Waals surface area (Å²) in [5.41, 5.74) is 5.72. The van der Waals surface area contributed by atoms with E-state index in [1.54, 1.807) is 0 Å². The Morgan fingerprint density at radius 3 is 2.90 bits per heavy atom. The molecule has 0 aromatic rings. The van der Waals surface area contributed by atoms with Crippen LogP contribution in [0.25, 0.3) is 0 Å². The molecule has 1 aliphatic carbocycles. The van der Waals surface area contributed by atoms with Crippen LogP contribution >= 0.6 is 15.9 Å². The fourth-order valence-corrected chi connectivity index (χ4v) is 1.34. The van der Waals surface area contributed by atoms with E-state index in [1.807, 2.05) is 6.92 Å². The summed E-state index contributed by atoms with van der Waals surface area (Å²) in [6, 6.07) is 0.271. The van der Waals surface area contributed by atoms with Gasteiger partial charge in [0.25, 0.3) is 0 Å². The molecule has 0 spiro atoms. The van der Waals surface area contributed by atoms with Crippen LogP contribution in [0.4, 0.5) is 0 Å². The molecule has 1 rings (SSSR count). The van der Waals surface area contributed by atoms with E-state index in [1.165, 1.54) is 4.48 Å². The maximum atomic E-state index is 5.72. The zero-order valence-corrected chi connectivity index (χ0v) is 7.64. The highest BCUT2D eigenvalue weighted by Crippen LogP contribution is 2.21. The smallest absolute Gasteiger partial charge is 0.0132 e. The van der Waals surface area contributed by atoms with Crippen LogP contribution in [0.1, 0.15) is 13.3 Å². The lowest BCUT2D eigenvalue weighted by Crippen LogP contribution is -2.25. The molecule has 10 heavy (non-hydrogen) atoms. The lowest BCUT2D eigenvalue weighted by Gasteiger charge is -2.17. The predicted molar refractivity (Wildman–Crippen MR) is 47.9 cm³/mol. The average molecular weight is 202 g/mol. The number of halogens is 1. The van der Waals surface area contributed by atoms with Crippen LogP contribution < -0.4 is 5.73 Å². The van der Waals surface area contributed by atoms with Gasteiger partial charge in [-0.25, -0.2) is 0 Å². The van der Waals surface area contributed by atoms with Gasteiger partial charge in [-0.2, -0.15) is 0 Å². The van der Waals surface area contributed by atoms with Gasteiger partial charge < -0.3 is 5.73 Å². The van der Waals surface area contributed by atoms with Gasteiger partial charge in [-0.05, 0) is 19.3 Å². The Labute approximate surface area is 70.1 Å². The van der Waals surface area contributed by atoms with Gasteiger partial charge in [0, 0.05) is 10.5 Å². The highest BCUT2D eigenvalue weighted by atomic mass is 79.9. The summed E-state index contributed by atoms with van der Waals surface area (Å²) in [5, 5.41) is 0. The maximum Gasteiger partial charge on any atom is 0.0132 e. The summed E-state index contributed by atoms with van der Waals surface area (Å²) in [5.74, 6) is 0.529. The highest BCUT2D eigenvalue weighted by Gasteiger charge is 2.10. The lowest BCUT2D eigenvalue weighted by atomic mass is 9.95. The molecule has 0 saturated carbocycles. The molecular formula is C8H12BrN. The van der Waals surface area contributed by atoms with Crippen LogP contribution in [0, 0.1) is 5.92 Å². The molecule has 2 atom stereocenters. The van der Waals surface area contributed by atoms with Crippen molar-refractivity contribution in [3.05, 3.63) is 22.7 Å². The zero-order valence-electron chi connectivity index (χ0n) is 6.05. The van der Waals surface area contributed by atoms with Crippen molar-refractivity contribution < 1.29 is 0 Å². The number of hydrogen-bond acceptors (Lipinski definition) is 1. The van der Waals surface area contributed by atoms with Crippen LogP contribution in [0.5, 0.6) is 0 Å². The molecule has 0 heterocycles. The van der Waals surface area contributed by atoms with Crippen LogP contribution in [0.3, 0.4) is 0 Å². The van der Waals surface area contributed by atoms with Crippen molar-refractivity contribution in [3.8, 4) is 0 Å². The predicted octanol–water partition coefficient (Wildman–Crippen LogP) is 2.19. The zero-order chi connectivity index (χ0) is 7.56. The fourth-order valence-electron chi connectivity index (χ4n) is 1.00. The van der Waals surface area contributed by atoms with Crippen molar-refractivity contribution in [2.75, 3.05) is 0 Å². The Hall–Kier alpha value is -0.0800. The maximum absolute atomic E-state index is 5.72. The number of allylic oxidation sites excluding steroid dienone is 3. The molecule has 1 unspecified atom stereocenters. The molecule has 2 heteroatoms. The second-order valence-electron chi connectivity index (χ2n) is 2.71. The van der Waals surface area contributed by atoms with E-state index in [-0.39, 0.29) is 6.04 Å². The van der Waals surface area contributed by atoms with Crippen LogP contribution in [0.15, 0.2) is 22.7 Å². The lowest BCUT2D eigenvalue weighted by molar-refractivity contribution is 0.538. The molecule has 0 amide bonds. The van der Waals surface area contributed by atoms with Gasteiger partial charge in [0.05, 0.1) is 0 Å². The van der Waals surface area contributed by atoms with Crippen LogP contribution in [0.2, 0.25) is 0 Å². The number of nitrogens with two attached hydrogens (primary N) is 1. The molecule has 0 aromatic heterocycles. The van der Waals surface area contributed by atoms with Crippen molar-refractivity contribution in [3.63, 3.8) is 0 Å². The SMILES string of the molecule is C[C@H](N)C1C=CC(Br)=CC1. The first-order chi connectivity index (χ1) is 4.70. The highest BCUT2D eigenvalue weighted by molar-refractivity contribution is 9.11. The van der Waals surface area contributed by atoms with Gasteiger partial charge >= 0.3 is 0 Å². The first-order valence-electron chi connectivity index (χ1n) is 3.49. The summed E-state index contributed by atoms with van der Waals surface area (Å²) < 4.78 is 1.17. The van der Waals surface area contributed by atoms with Crippen molar-refractivity contribution >= 4 is 15.9 Å². The van der Waals surface area contributed by atoms with Gasteiger partial charge in [-0.3, -0.25) is 0 Å². The van der Waals surface area contributed by atoms with E-state index in [0.717, 1.165) is 6.42 Å². The molecule has 2 N–H and O–H groups in total. The topological polar surface area (TPSA) is 26.0 Å². The third-order valence-electron chi connectivity index (χ3n) is 1.76. The minimum Gasteiger partial charge on any atom is -0.327 e. The van der Waals surface area contributed by atoms with Gasteiger partial charge in [0.1, 0.15) is 0 Å². The molecule has 0 radical (unpaired) electrons. The summed E-state index contributed by atoms with van der Waals surface area (Å²) in [6.07, 6.45) is 7.45. The van der Waals surface area contributed by atoms with Crippen molar-refractivity contribution in [2.45, 2.75) is 19.4 Å². The monoisotopic (exact) mass is 201 g/mol. The molecule has 1 nitrogen and oxygen atoms in total. The van der Waals surface area contributed by atoms with Crippen molar-refractivity contribution in [2.24, 2.45) is 11.7 Å². The van der Waals surface area contributed by atoms with Gasteiger partial charge in [-0.15, -0.1) is 0 Å². The second-order valence-corrected chi connectivity index (χ2v) is 3.62. The Balaban J connectivity index is 2.52. The van der Waals surface area contributed by atoms with E-state index in [9.17, 15) is 0 Å². The molecule has 56 valence electrons. The molecule has 0 aromatic carbocycles. The number of hydrogen-bond donors (Lipinski definition) is 1. The number of rotatable bonds is 1. The Morgan fingerprint density at radius 1 is 1.80 bits per heavy atom. The summed E-state index contributed by atoms with van der Waals surface area (Å²) in [6.45, 7) is 2.04. The van der Waals surface area contributed by atoms with E-state index < -0.39 is 0 Å². The van der Waals surface area contributed by atoms with E-state index in [4.69, 9.17) is 5.73 Å².